The second kappa shape index (κ2) is 10.8. The normalized spacial score (nSPS) is 11.9. The lowest BCUT2D eigenvalue weighted by atomic mass is 9.98. The van der Waals surface area contributed by atoms with E-state index in [9.17, 15) is 9.59 Å². The van der Waals surface area contributed by atoms with Gasteiger partial charge in [-0.05, 0) is 42.3 Å². The number of benzene rings is 2. The van der Waals surface area contributed by atoms with Gasteiger partial charge in [0, 0.05) is 13.7 Å². The summed E-state index contributed by atoms with van der Waals surface area (Å²) in [5, 5.41) is 11.2. The number of aryl methyl sites for hydroxylation is 1. The van der Waals surface area contributed by atoms with Gasteiger partial charge < -0.3 is 19.4 Å². The Bertz CT molecular complexity index is 1250. The van der Waals surface area contributed by atoms with E-state index in [0.29, 0.717) is 11.3 Å². The molecule has 1 atom stereocenters. The van der Waals surface area contributed by atoms with Crippen LogP contribution in [-0.2, 0) is 27.4 Å². The van der Waals surface area contributed by atoms with Gasteiger partial charge in [0.2, 0.25) is 11.8 Å². The van der Waals surface area contributed by atoms with Crippen molar-refractivity contribution in [1.29, 1.82) is 0 Å². The SMILES string of the molecule is COCCN(C(=O)Cn1nnc2ccccc21)C(C(=O)NCc1ccco1)c1ccccc1C. The number of fused-ring (bicyclic) bond motifs is 1. The molecule has 0 saturated carbocycles. The van der Waals surface area contributed by atoms with Crippen molar-refractivity contribution in [1.82, 2.24) is 25.2 Å². The van der Waals surface area contributed by atoms with Crippen LogP contribution in [0.25, 0.3) is 11.0 Å². The van der Waals surface area contributed by atoms with Gasteiger partial charge in [-0.1, -0.05) is 41.6 Å². The number of ether oxygens (including phenoxy) is 1. The van der Waals surface area contributed by atoms with Crippen molar-refractivity contribution in [2.24, 2.45) is 0 Å². The molecule has 176 valence electrons. The molecule has 1 N–H and O–H groups in total. The number of methoxy groups -OCH3 is 1. The zero-order valence-corrected chi connectivity index (χ0v) is 19.2. The Labute approximate surface area is 197 Å². The number of amides is 2. The smallest absolute Gasteiger partial charge is 0.247 e. The van der Waals surface area contributed by atoms with E-state index >= 15 is 0 Å². The Balaban J connectivity index is 1.65. The third-order valence-electron chi connectivity index (χ3n) is 5.62. The highest BCUT2D eigenvalue weighted by Gasteiger charge is 2.32. The van der Waals surface area contributed by atoms with Crippen LogP contribution in [0.15, 0.2) is 71.3 Å². The average Bonchev–Trinajstić information content (AvgIpc) is 3.51. The maximum Gasteiger partial charge on any atom is 0.247 e. The van der Waals surface area contributed by atoms with Crippen molar-refractivity contribution < 1.29 is 18.7 Å². The number of carbonyl (C=O) groups excluding carboxylic acids is 2. The number of para-hydroxylation sites is 1. The number of aromatic nitrogens is 3. The number of rotatable bonds is 10. The molecule has 9 nitrogen and oxygen atoms in total. The standard InChI is InChI=1S/C25H27N5O4/c1-18-8-3-4-10-20(18)24(25(32)26-16-19-9-7-14-34-19)29(13-15-33-2)23(31)17-30-22-12-6-5-11-21(22)27-28-30/h3-12,14,24H,13,15-17H2,1-2H3,(H,26,32). The van der Waals surface area contributed by atoms with Crippen LogP contribution >= 0.6 is 0 Å². The fourth-order valence-corrected chi connectivity index (χ4v) is 3.87. The van der Waals surface area contributed by atoms with Crippen molar-refractivity contribution in [2.45, 2.75) is 26.1 Å². The van der Waals surface area contributed by atoms with E-state index in [2.05, 4.69) is 15.6 Å². The molecule has 0 fully saturated rings. The average molecular weight is 462 g/mol. The van der Waals surface area contributed by atoms with Crippen molar-refractivity contribution in [3.8, 4) is 0 Å². The molecule has 0 saturated heterocycles. The van der Waals surface area contributed by atoms with E-state index in [1.165, 1.54) is 0 Å². The van der Waals surface area contributed by atoms with Gasteiger partial charge in [-0.25, -0.2) is 4.68 Å². The summed E-state index contributed by atoms with van der Waals surface area (Å²) in [6.45, 7) is 2.59. The predicted molar refractivity (Wildman–Crippen MR) is 126 cm³/mol. The Hall–Kier alpha value is -3.98. The second-order valence-electron chi connectivity index (χ2n) is 7.87. The summed E-state index contributed by atoms with van der Waals surface area (Å²) < 4.78 is 12.2. The van der Waals surface area contributed by atoms with Crippen molar-refractivity contribution in [3.63, 3.8) is 0 Å². The third-order valence-corrected chi connectivity index (χ3v) is 5.62. The lowest BCUT2D eigenvalue weighted by molar-refractivity contribution is -0.142. The number of hydrogen-bond donors (Lipinski definition) is 1. The number of furan rings is 1. The van der Waals surface area contributed by atoms with Crippen molar-refractivity contribution >= 4 is 22.8 Å². The topological polar surface area (TPSA) is 102 Å². The van der Waals surface area contributed by atoms with Gasteiger partial charge in [-0.15, -0.1) is 5.10 Å². The maximum absolute atomic E-state index is 13.6. The number of nitrogens with one attached hydrogen (secondary N) is 1. The Morgan fingerprint density at radius 1 is 1.12 bits per heavy atom. The summed E-state index contributed by atoms with van der Waals surface area (Å²) in [4.78, 5) is 28.6. The molecular weight excluding hydrogens is 434 g/mol. The lowest BCUT2D eigenvalue weighted by Crippen LogP contribution is -2.46. The molecule has 1 unspecified atom stereocenters. The fourth-order valence-electron chi connectivity index (χ4n) is 3.87. The minimum absolute atomic E-state index is 0.0575. The summed E-state index contributed by atoms with van der Waals surface area (Å²) >= 11 is 0. The summed E-state index contributed by atoms with van der Waals surface area (Å²) in [5.74, 6) is 0.0495. The highest BCUT2D eigenvalue weighted by atomic mass is 16.5. The zero-order valence-electron chi connectivity index (χ0n) is 19.2. The first-order valence-corrected chi connectivity index (χ1v) is 11.0. The fraction of sp³-hybridized carbons (Fsp3) is 0.280. The second-order valence-corrected chi connectivity index (χ2v) is 7.87. The molecule has 4 aromatic rings. The molecule has 2 heterocycles. The van der Waals surface area contributed by atoms with Gasteiger partial charge in [-0.2, -0.15) is 0 Å². The molecule has 0 aliphatic heterocycles. The van der Waals surface area contributed by atoms with Crippen molar-refractivity contribution in [3.05, 3.63) is 83.8 Å². The molecule has 0 spiro atoms. The van der Waals surface area contributed by atoms with Gasteiger partial charge in [0.25, 0.3) is 0 Å². The van der Waals surface area contributed by atoms with Crippen LogP contribution in [0.4, 0.5) is 0 Å². The highest BCUT2D eigenvalue weighted by Crippen LogP contribution is 2.25. The summed E-state index contributed by atoms with van der Waals surface area (Å²) in [6, 6.07) is 17.7. The monoisotopic (exact) mass is 461 g/mol. The molecular formula is C25H27N5O4. The van der Waals surface area contributed by atoms with Gasteiger partial charge in [0.05, 0.1) is 24.9 Å². The van der Waals surface area contributed by atoms with E-state index in [4.69, 9.17) is 9.15 Å². The first-order valence-electron chi connectivity index (χ1n) is 11.0. The molecule has 0 bridgehead atoms. The van der Waals surface area contributed by atoms with E-state index in [1.54, 1.807) is 35.1 Å². The zero-order chi connectivity index (χ0) is 23.9. The summed E-state index contributed by atoms with van der Waals surface area (Å²) in [5.41, 5.74) is 3.09. The minimum atomic E-state index is -0.853. The highest BCUT2D eigenvalue weighted by molar-refractivity contribution is 5.89. The molecule has 0 aliphatic rings. The van der Waals surface area contributed by atoms with Crippen LogP contribution in [0.5, 0.6) is 0 Å². The van der Waals surface area contributed by atoms with E-state index in [-0.39, 0.29) is 38.1 Å². The third kappa shape index (κ3) is 5.15. The molecule has 2 aromatic carbocycles. The Morgan fingerprint density at radius 3 is 2.68 bits per heavy atom. The maximum atomic E-state index is 13.6. The van der Waals surface area contributed by atoms with Crippen LogP contribution in [0.3, 0.4) is 0 Å². The summed E-state index contributed by atoms with van der Waals surface area (Å²) in [6.07, 6.45) is 1.55. The summed E-state index contributed by atoms with van der Waals surface area (Å²) in [7, 11) is 1.56. The first-order chi connectivity index (χ1) is 16.6. The molecule has 4 rings (SSSR count). The Kier molecular flexibility index (Phi) is 7.34. The number of nitrogens with zero attached hydrogens (tertiary/aromatic N) is 4. The van der Waals surface area contributed by atoms with Gasteiger partial charge in [0.15, 0.2) is 0 Å². The molecule has 0 radical (unpaired) electrons. The van der Waals surface area contributed by atoms with Crippen LogP contribution in [-0.4, -0.2) is 52.0 Å². The molecule has 2 amide bonds. The van der Waals surface area contributed by atoms with Gasteiger partial charge in [0.1, 0.15) is 23.9 Å². The quantitative estimate of drug-likeness (QED) is 0.390. The number of carbonyl (C=O) groups is 2. The largest absolute Gasteiger partial charge is 0.467 e. The van der Waals surface area contributed by atoms with Crippen LogP contribution in [0.2, 0.25) is 0 Å². The van der Waals surface area contributed by atoms with Gasteiger partial charge in [-0.3, -0.25) is 9.59 Å². The number of hydrogen-bond acceptors (Lipinski definition) is 6. The predicted octanol–water partition coefficient (Wildman–Crippen LogP) is 2.87. The molecule has 2 aromatic heterocycles. The molecule has 34 heavy (non-hydrogen) atoms. The molecule has 0 aliphatic carbocycles. The van der Waals surface area contributed by atoms with E-state index in [0.717, 1.165) is 16.6 Å². The minimum Gasteiger partial charge on any atom is -0.467 e. The lowest BCUT2D eigenvalue weighted by Gasteiger charge is -2.32. The molecule has 9 heteroatoms. The van der Waals surface area contributed by atoms with Crippen LogP contribution < -0.4 is 5.32 Å². The van der Waals surface area contributed by atoms with E-state index < -0.39 is 6.04 Å². The Morgan fingerprint density at radius 2 is 1.91 bits per heavy atom. The van der Waals surface area contributed by atoms with Gasteiger partial charge >= 0.3 is 0 Å². The van der Waals surface area contributed by atoms with Crippen LogP contribution in [0, 0.1) is 6.92 Å². The van der Waals surface area contributed by atoms with Crippen molar-refractivity contribution in [2.75, 3.05) is 20.3 Å². The van der Waals surface area contributed by atoms with E-state index in [1.807, 2.05) is 55.5 Å². The van der Waals surface area contributed by atoms with Crippen LogP contribution in [0.1, 0.15) is 22.9 Å². The first kappa shape index (κ1) is 23.2.